The number of carbonyl (C=O) groups is 1. The molecule has 0 aliphatic heterocycles. The van der Waals surface area contributed by atoms with Crippen molar-refractivity contribution in [3.63, 3.8) is 0 Å². The lowest BCUT2D eigenvalue weighted by atomic mass is 10.2. The van der Waals surface area contributed by atoms with Crippen molar-refractivity contribution in [2.75, 3.05) is 5.75 Å². The Morgan fingerprint density at radius 2 is 2.06 bits per heavy atom. The predicted octanol–water partition coefficient (Wildman–Crippen LogP) is 3.50. The summed E-state index contributed by atoms with van der Waals surface area (Å²) >= 11 is 4.66. The number of hydrogen-bond acceptors (Lipinski definition) is 6. The Morgan fingerprint density at radius 3 is 2.59 bits per heavy atom. The molecule has 0 aliphatic rings. The van der Waals surface area contributed by atoms with Crippen LogP contribution in [0.2, 0.25) is 0 Å². The van der Waals surface area contributed by atoms with Gasteiger partial charge in [0, 0.05) is 15.3 Å². The van der Waals surface area contributed by atoms with Crippen LogP contribution in [0.15, 0.2) is 10.4 Å². The predicted molar refractivity (Wildman–Crippen MR) is 73.5 cm³/mol. The molecule has 17 heavy (non-hydrogen) atoms. The second-order valence-corrected chi connectivity index (χ2v) is 7.49. The van der Waals surface area contributed by atoms with Gasteiger partial charge < -0.3 is 0 Å². The third-order valence-electron chi connectivity index (χ3n) is 2.18. The van der Waals surface area contributed by atoms with E-state index in [4.69, 9.17) is 0 Å². The normalized spacial score (nSPS) is 10.8. The second-order valence-electron chi connectivity index (χ2n) is 3.63. The van der Waals surface area contributed by atoms with Gasteiger partial charge in [-0.1, -0.05) is 23.1 Å². The van der Waals surface area contributed by atoms with Crippen molar-refractivity contribution in [2.45, 2.75) is 25.1 Å². The van der Waals surface area contributed by atoms with E-state index in [1.165, 1.54) is 28.0 Å². The number of ketones is 1. The molecule has 2 rings (SSSR count). The Labute approximate surface area is 112 Å². The average Bonchev–Trinajstić information content (AvgIpc) is 2.81. The molecule has 0 N–H and O–H groups in total. The minimum atomic E-state index is 0.171. The van der Waals surface area contributed by atoms with Gasteiger partial charge in [0.1, 0.15) is 5.01 Å². The van der Waals surface area contributed by atoms with Gasteiger partial charge in [-0.3, -0.25) is 4.79 Å². The smallest absolute Gasteiger partial charge is 0.174 e. The Morgan fingerprint density at radius 1 is 1.29 bits per heavy atom. The number of aromatic nitrogens is 2. The second kappa shape index (κ2) is 5.29. The van der Waals surface area contributed by atoms with Crippen LogP contribution in [0.3, 0.4) is 0 Å². The van der Waals surface area contributed by atoms with Gasteiger partial charge in [0.2, 0.25) is 0 Å². The van der Waals surface area contributed by atoms with Gasteiger partial charge in [-0.15, -0.1) is 21.5 Å². The van der Waals surface area contributed by atoms with Gasteiger partial charge in [0.25, 0.3) is 0 Å². The number of thiophene rings is 1. The van der Waals surface area contributed by atoms with Gasteiger partial charge in [-0.2, -0.15) is 0 Å². The van der Waals surface area contributed by atoms with Crippen molar-refractivity contribution < 1.29 is 4.79 Å². The van der Waals surface area contributed by atoms with E-state index in [1.807, 2.05) is 26.8 Å². The fourth-order valence-electron chi connectivity index (χ4n) is 1.45. The van der Waals surface area contributed by atoms with Crippen LogP contribution >= 0.6 is 34.4 Å². The van der Waals surface area contributed by atoms with E-state index >= 15 is 0 Å². The van der Waals surface area contributed by atoms with E-state index < -0.39 is 0 Å². The lowest BCUT2D eigenvalue weighted by Gasteiger charge is -1.97. The van der Waals surface area contributed by atoms with Crippen LogP contribution in [0.4, 0.5) is 0 Å². The summed E-state index contributed by atoms with van der Waals surface area (Å²) in [6, 6.07) is 1.97. The first kappa shape index (κ1) is 12.7. The number of Topliss-reactive ketones (excluding diaryl/α,β-unsaturated/α-hetero) is 1. The summed E-state index contributed by atoms with van der Waals surface area (Å²) in [5.41, 5.74) is 0.848. The van der Waals surface area contributed by atoms with Crippen LogP contribution in [-0.2, 0) is 0 Å². The van der Waals surface area contributed by atoms with Crippen molar-refractivity contribution in [1.82, 2.24) is 10.2 Å². The molecule has 0 aromatic carbocycles. The summed E-state index contributed by atoms with van der Waals surface area (Å²) in [6.07, 6.45) is 0. The zero-order valence-electron chi connectivity index (χ0n) is 9.81. The fraction of sp³-hybridized carbons (Fsp3) is 0.364. The van der Waals surface area contributed by atoms with Crippen LogP contribution in [0.25, 0.3) is 0 Å². The van der Waals surface area contributed by atoms with Crippen LogP contribution in [-0.4, -0.2) is 21.7 Å². The number of aryl methyl sites for hydroxylation is 3. The molecule has 0 aliphatic carbocycles. The maximum absolute atomic E-state index is 12.0. The van der Waals surface area contributed by atoms with Crippen LogP contribution in [0.5, 0.6) is 0 Å². The highest BCUT2D eigenvalue weighted by molar-refractivity contribution is 8.01. The average molecular weight is 284 g/mol. The Hall–Kier alpha value is -0.720. The summed E-state index contributed by atoms with van der Waals surface area (Å²) in [6.45, 7) is 5.93. The lowest BCUT2D eigenvalue weighted by Crippen LogP contribution is -2.02. The maximum Gasteiger partial charge on any atom is 0.174 e. The molecule has 0 amide bonds. The summed E-state index contributed by atoms with van der Waals surface area (Å²) in [5, 5.41) is 8.85. The van der Waals surface area contributed by atoms with E-state index in [9.17, 15) is 4.79 Å². The summed E-state index contributed by atoms with van der Waals surface area (Å²) in [5.74, 6) is 0.607. The number of thioether (sulfide) groups is 1. The van der Waals surface area contributed by atoms with Crippen molar-refractivity contribution in [3.8, 4) is 0 Å². The molecule has 0 saturated heterocycles. The Bertz CT molecular complexity index is 545. The Kier molecular flexibility index (Phi) is 3.96. The number of rotatable bonds is 4. The van der Waals surface area contributed by atoms with E-state index in [0.717, 1.165) is 19.8 Å². The maximum atomic E-state index is 12.0. The standard InChI is InChI=1S/C11H12N2OS3/c1-6-4-9(7(2)16-6)10(14)5-15-11-13-12-8(3)17-11/h4H,5H2,1-3H3. The molecule has 3 nitrogen and oxygen atoms in total. The van der Waals surface area contributed by atoms with Crippen molar-refractivity contribution in [2.24, 2.45) is 0 Å². The third-order valence-corrected chi connectivity index (χ3v) is 5.11. The SMILES string of the molecule is Cc1cc(C(=O)CSc2nnc(C)s2)c(C)s1. The molecular weight excluding hydrogens is 272 g/mol. The molecule has 0 radical (unpaired) electrons. The molecule has 6 heteroatoms. The highest BCUT2D eigenvalue weighted by Crippen LogP contribution is 2.26. The minimum Gasteiger partial charge on any atom is -0.293 e. The van der Waals surface area contributed by atoms with Crippen LogP contribution < -0.4 is 0 Å². The van der Waals surface area contributed by atoms with Gasteiger partial charge >= 0.3 is 0 Å². The molecule has 0 bridgehead atoms. The third kappa shape index (κ3) is 3.14. The highest BCUT2D eigenvalue weighted by atomic mass is 32.2. The quantitative estimate of drug-likeness (QED) is 0.636. The Balaban J connectivity index is 2.00. The largest absolute Gasteiger partial charge is 0.293 e. The van der Waals surface area contributed by atoms with E-state index in [0.29, 0.717) is 5.75 Å². The summed E-state index contributed by atoms with van der Waals surface area (Å²) in [7, 11) is 0. The van der Waals surface area contributed by atoms with Gasteiger partial charge in [-0.25, -0.2) is 0 Å². The van der Waals surface area contributed by atoms with Crippen molar-refractivity contribution >= 4 is 40.2 Å². The van der Waals surface area contributed by atoms with Crippen molar-refractivity contribution in [3.05, 3.63) is 26.4 Å². The molecule has 0 saturated carbocycles. The van der Waals surface area contributed by atoms with Gasteiger partial charge in [0.05, 0.1) is 5.75 Å². The molecule has 2 aromatic heterocycles. The molecule has 2 aromatic rings. The first-order valence-corrected chi connectivity index (χ1v) is 7.71. The number of nitrogens with zero attached hydrogens (tertiary/aromatic N) is 2. The van der Waals surface area contributed by atoms with Crippen LogP contribution in [0.1, 0.15) is 25.1 Å². The topological polar surface area (TPSA) is 42.9 Å². The lowest BCUT2D eigenvalue weighted by molar-refractivity contribution is 0.102. The molecule has 90 valence electrons. The molecule has 0 spiro atoms. The summed E-state index contributed by atoms with van der Waals surface area (Å²) < 4.78 is 0.862. The fourth-order valence-corrected chi connectivity index (χ4v) is 4.09. The van der Waals surface area contributed by atoms with Gasteiger partial charge in [-0.05, 0) is 26.8 Å². The molecular formula is C11H12N2OS3. The minimum absolute atomic E-state index is 0.171. The molecule has 0 atom stereocenters. The van der Waals surface area contributed by atoms with E-state index in [-0.39, 0.29) is 5.78 Å². The zero-order chi connectivity index (χ0) is 12.4. The number of carbonyl (C=O) groups excluding carboxylic acids is 1. The summed E-state index contributed by atoms with van der Waals surface area (Å²) in [4.78, 5) is 14.3. The van der Waals surface area contributed by atoms with Crippen molar-refractivity contribution in [1.29, 1.82) is 0 Å². The van der Waals surface area contributed by atoms with E-state index in [1.54, 1.807) is 11.3 Å². The van der Waals surface area contributed by atoms with Crippen LogP contribution in [0, 0.1) is 20.8 Å². The number of hydrogen-bond donors (Lipinski definition) is 0. The molecule has 2 heterocycles. The monoisotopic (exact) mass is 284 g/mol. The highest BCUT2D eigenvalue weighted by Gasteiger charge is 2.13. The zero-order valence-corrected chi connectivity index (χ0v) is 12.3. The van der Waals surface area contributed by atoms with Gasteiger partial charge in [0.15, 0.2) is 10.1 Å². The molecule has 0 unspecified atom stereocenters. The first-order chi connectivity index (χ1) is 8.06. The van der Waals surface area contributed by atoms with E-state index in [2.05, 4.69) is 10.2 Å². The molecule has 0 fully saturated rings. The first-order valence-electron chi connectivity index (χ1n) is 5.09.